The fourth-order valence-corrected chi connectivity index (χ4v) is 3.47. The van der Waals surface area contributed by atoms with Crippen molar-refractivity contribution in [1.29, 1.82) is 0 Å². The van der Waals surface area contributed by atoms with Gasteiger partial charge < -0.3 is 9.84 Å². The van der Waals surface area contributed by atoms with E-state index in [4.69, 9.17) is 4.74 Å². The minimum Gasteiger partial charge on any atom is -0.507 e. The van der Waals surface area contributed by atoms with Crippen molar-refractivity contribution >= 4 is 5.78 Å². The number of hydrogen-bond donors (Lipinski definition) is 1. The first kappa shape index (κ1) is 14.5. The lowest BCUT2D eigenvalue weighted by molar-refractivity contribution is -0.0590. The van der Waals surface area contributed by atoms with Crippen molar-refractivity contribution in [3.63, 3.8) is 0 Å². The molecular formula is C16H20FNO3. The maximum atomic E-state index is 13.7. The first-order valence-corrected chi connectivity index (χ1v) is 7.44. The Labute approximate surface area is 123 Å². The fraction of sp³-hybridized carbons (Fsp3) is 0.562. The van der Waals surface area contributed by atoms with Gasteiger partial charge in [0.05, 0.1) is 18.3 Å². The summed E-state index contributed by atoms with van der Waals surface area (Å²) >= 11 is 0. The Morgan fingerprint density at radius 2 is 2.29 bits per heavy atom. The van der Waals surface area contributed by atoms with Gasteiger partial charge in [0.25, 0.3) is 0 Å². The number of Topliss-reactive ketones (excluding diaryl/α,β-unsaturated/α-hetero) is 1. The Kier molecular flexibility index (Phi) is 3.95. The van der Waals surface area contributed by atoms with Crippen molar-refractivity contribution in [1.82, 2.24) is 4.90 Å². The van der Waals surface area contributed by atoms with Crippen LogP contribution in [0.25, 0.3) is 0 Å². The summed E-state index contributed by atoms with van der Waals surface area (Å²) in [6.07, 6.45) is 3.52. The molecule has 0 bridgehead atoms. The highest BCUT2D eigenvalue weighted by molar-refractivity contribution is 5.97. The van der Waals surface area contributed by atoms with Crippen molar-refractivity contribution in [2.24, 2.45) is 0 Å². The number of carbonyl (C=O) groups is 1. The SMILES string of the molecule is CC(=O)c1cc(F)cc(CN2CCOC3CCCC32)c1O. The summed E-state index contributed by atoms with van der Waals surface area (Å²) < 4.78 is 19.4. The normalized spacial score (nSPS) is 25.8. The van der Waals surface area contributed by atoms with Crippen LogP contribution < -0.4 is 0 Å². The average Bonchev–Trinajstić information content (AvgIpc) is 2.91. The van der Waals surface area contributed by atoms with E-state index in [1.165, 1.54) is 13.0 Å². The number of nitrogens with zero attached hydrogens (tertiary/aromatic N) is 1. The van der Waals surface area contributed by atoms with E-state index in [1.54, 1.807) is 0 Å². The van der Waals surface area contributed by atoms with Gasteiger partial charge in [-0.05, 0) is 38.3 Å². The first-order chi connectivity index (χ1) is 10.1. The Morgan fingerprint density at radius 1 is 1.48 bits per heavy atom. The minimum atomic E-state index is -0.482. The third-order valence-electron chi connectivity index (χ3n) is 4.50. The van der Waals surface area contributed by atoms with Crippen LogP contribution in [0.1, 0.15) is 42.1 Å². The van der Waals surface area contributed by atoms with E-state index in [-0.39, 0.29) is 23.2 Å². The van der Waals surface area contributed by atoms with Crippen LogP contribution in [0.15, 0.2) is 12.1 Å². The van der Waals surface area contributed by atoms with E-state index in [2.05, 4.69) is 4.90 Å². The van der Waals surface area contributed by atoms with Gasteiger partial charge in [-0.2, -0.15) is 0 Å². The Bertz CT molecular complexity index is 561. The lowest BCUT2D eigenvalue weighted by Crippen LogP contribution is -2.47. The van der Waals surface area contributed by atoms with Gasteiger partial charge in [-0.25, -0.2) is 4.39 Å². The molecule has 5 heteroatoms. The van der Waals surface area contributed by atoms with E-state index in [0.29, 0.717) is 24.8 Å². The van der Waals surface area contributed by atoms with Crippen LogP contribution in [0.4, 0.5) is 4.39 Å². The van der Waals surface area contributed by atoms with Crippen LogP contribution in [-0.2, 0) is 11.3 Å². The van der Waals surface area contributed by atoms with Crippen molar-refractivity contribution in [2.75, 3.05) is 13.2 Å². The molecular weight excluding hydrogens is 273 g/mol. The molecule has 2 atom stereocenters. The number of hydrogen-bond acceptors (Lipinski definition) is 4. The topological polar surface area (TPSA) is 49.8 Å². The summed E-state index contributed by atoms with van der Waals surface area (Å²) in [5.74, 6) is -0.900. The van der Waals surface area contributed by atoms with Crippen LogP contribution in [0.3, 0.4) is 0 Å². The van der Waals surface area contributed by atoms with E-state index in [9.17, 15) is 14.3 Å². The van der Waals surface area contributed by atoms with Crippen molar-refractivity contribution in [3.8, 4) is 5.75 Å². The quantitative estimate of drug-likeness (QED) is 0.870. The smallest absolute Gasteiger partial charge is 0.163 e. The summed E-state index contributed by atoms with van der Waals surface area (Å²) in [5, 5.41) is 10.2. The maximum Gasteiger partial charge on any atom is 0.163 e. The molecule has 2 unspecified atom stereocenters. The molecule has 3 rings (SSSR count). The number of halogens is 1. The molecule has 0 aromatic heterocycles. The lowest BCUT2D eigenvalue weighted by atomic mass is 10.0. The summed E-state index contributed by atoms with van der Waals surface area (Å²) in [7, 11) is 0. The largest absolute Gasteiger partial charge is 0.507 e. The summed E-state index contributed by atoms with van der Waals surface area (Å²) in [6, 6.07) is 2.75. The number of ketones is 1. The third kappa shape index (κ3) is 2.80. The number of rotatable bonds is 3. The van der Waals surface area contributed by atoms with Crippen LogP contribution in [0, 0.1) is 5.82 Å². The molecule has 4 nitrogen and oxygen atoms in total. The average molecular weight is 293 g/mol. The maximum absolute atomic E-state index is 13.7. The van der Waals surface area contributed by atoms with Gasteiger partial charge in [0.15, 0.2) is 5.78 Å². The zero-order valence-corrected chi connectivity index (χ0v) is 12.1. The molecule has 114 valence electrons. The zero-order chi connectivity index (χ0) is 15.0. The molecule has 0 spiro atoms. The molecule has 2 aliphatic rings. The third-order valence-corrected chi connectivity index (χ3v) is 4.50. The van der Waals surface area contributed by atoms with E-state index >= 15 is 0 Å². The van der Waals surface area contributed by atoms with Crippen molar-refractivity contribution in [2.45, 2.75) is 44.9 Å². The van der Waals surface area contributed by atoms with Gasteiger partial charge in [0.1, 0.15) is 11.6 Å². The fourth-order valence-electron chi connectivity index (χ4n) is 3.47. The zero-order valence-electron chi connectivity index (χ0n) is 12.1. The summed E-state index contributed by atoms with van der Waals surface area (Å²) in [5.41, 5.74) is 0.536. The van der Waals surface area contributed by atoms with Gasteiger partial charge in [0.2, 0.25) is 0 Å². The molecule has 1 aliphatic carbocycles. The van der Waals surface area contributed by atoms with Crippen molar-refractivity contribution in [3.05, 3.63) is 29.1 Å². The van der Waals surface area contributed by atoms with Crippen LogP contribution in [0.5, 0.6) is 5.75 Å². The monoisotopic (exact) mass is 293 g/mol. The molecule has 0 radical (unpaired) electrons. The van der Waals surface area contributed by atoms with E-state index < -0.39 is 5.82 Å². The van der Waals surface area contributed by atoms with Gasteiger partial charge in [-0.3, -0.25) is 9.69 Å². The van der Waals surface area contributed by atoms with Crippen molar-refractivity contribution < 1.29 is 19.0 Å². The number of phenolic OH excluding ortho intramolecular Hbond substituents is 1. The van der Waals surface area contributed by atoms with Crippen LogP contribution >= 0.6 is 0 Å². The minimum absolute atomic E-state index is 0.0567. The Morgan fingerprint density at radius 3 is 3.05 bits per heavy atom. The molecule has 21 heavy (non-hydrogen) atoms. The van der Waals surface area contributed by atoms with E-state index in [1.807, 2.05) is 0 Å². The highest BCUT2D eigenvalue weighted by Crippen LogP contribution is 2.33. The second-order valence-electron chi connectivity index (χ2n) is 5.90. The predicted octanol–water partition coefficient (Wildman–Crippen LogP) is 2.49. The standard InChI is InChI=1S/C16H20FNO3/c1-10(19)13-8-12(17)7-11(16(13)20)9-18-5-6-21-15-4-2-3-14(15)18/h7-8,14-15,20H,2-6,9H2,1H3. The van der Waals surface area contributed by atoms with Gasteiger partial charge >= 0.3 is 0 Å². The number of aromatic hydroxyl groups is 1. The Balaban J connectivity index is 1.85. The summed E-state index contributed by atoms with van der Waals surface area (Å²) in [6.45, 7) is 3.22. The second-order valence-corrected chi connectivity index (χ2v) is 5.90. The van der Waals surface area contributed by atoms with Gasteiger partial charge in [-0.1, -0.05) is 0 Å². The number of benzene rings is 1. The molecule has 0 amide bonds. The molecule has 1 heterocycles. The molecule has 1 aromatic carbocycles. The molecule has 1 saturated heterocycles. The molecule has 1 saturated carbocycles. The van der Waals surface area contributed by atoms with E-state index in [0.717, 1.165) is 31.9 Å². The number of morpholine rings is 1. The molecule has 1 aliphatic heterocycles. The molecule has 1 N–H and O–H groups in total. The predicted molar refractivity (Wildman–Crippen MR) is 75.9 cm³/mol. The number of phenols is 1. The highest BCUT2D eigenvalue weighted by Gasteiger charge is 2.36. The second kappa shape index (κ2) is 5.73. The summed E-state index contributed by atoms with van der Waals surface area (Å²) in [4.78, 5) is 13.7. The van der Waals surface area contributed by atoms with Gasteiger partial charge in [-0.15, -0.1) is 0 Å². The van der Waals surface area contributed by atoms with Crippen LogP contribution in [-0.4, -0.2) is 41.1 Å². The number of ether oxygens (including phenoxy) is 1. The number of carbonyl (C=O) groups excluding carboxylic acids is 1. The lowest BCUT2D eigenvalue weighted by Gasteiger charge is -2.37. The molecule has 1 aromatic rings. The molecule has 2 fully saturated rings. The Hall–Kier alpha value is -1.46. The van der Waals surface area contributed by atoms with Crippen LogP contribution in [0.2, 0.25) is 0 Å². The number of fused-ring (bicyclic) bond motifs is 1. The first-order valence-electron chi connectivity index (χ1n) is 7.44. The highest BCUT2D eigenvalue weighted by atomic mass is 19.1. The van der Waals surface area contributed by atoms with Gasteiger partial charge in [0, 0.05) is 24.7 Å².